The van der Waals surface area contributed by atoms with E-state index in [2.05, 4.69) is 62.3 Å². The third-order valence-electron chi connectivity index (χ3n) is 14.0. The second-order valence-electron chi connectivity index (χ2n) is 16.6. The molecule has 4 heteroatoms. The molecule has 18 unspecified atom stereocenters. The topological polar surface area (TPSA) is 80.9 Å². The standard InChI is InChI=1S/C36H66O4/c1-18-14-33(37)20(3)10-27(18)16-31-25(8)29(12-22(5)35(31)39)24(7)30-13-23(6)36(40)32(26(30)9)17-28-11-21(4)34(38)15-19(28)2/h18-40H,10-17H2,1-9H3. The van der Waals surface area contributed by atoms with Gasteiger partial charge in [-0.15, -0.1) is 0 Å². The number of rotatable bonds is 6. The van der Waals surface area contributed by atoms with Crippen molar-refractivity contribution in [2.24, 2.45) is 88.8 Å². The Morgan fingerprint density at radius 2 is 0.825 bits per heavy atom. The van der Waals surface area contributed by atoms with Gasteiger partial charge in [0.15, 0.2) is 0 Å². The van der Waals surface area contributed by atoms with Crippen molar-refractivity contribution in [2.75, 3.05) is 0 Å². The molecule has 0 spiro atoms. The minimum absolute atomic E-state index is 0.172. The van der Waals surface area contributed by atoms with Crippen LogP contribution in [0.2, 0.25) is 0 Å². The van der Waals surface area contributed by atoms with E-state index in [4.69, 9.17) is 0 Å². The minimum atomic E-state index is -0.227. The molecule has 0 heterocycles. The highest BCUT2D eigenvalue weighted by Gasteiger charge is 2.49. The Bertz CT molecular complexity index is 738. The Morgan fingerprint density at radius 1 is 0.475 bits per heavy atom. The third-order valence-corrected chi connectivity index (χ3v) is 14.0. The van der Waals surface area contributed by atoms with Crippen LogP contribution in [0.15, 0.2) is 0 Å². The molecule has 0 saturated heterocycles. The summed E-state index contributed by atoms with van der Waals surface area (Å²) in [4.78, 5) is 0. The van der Waals surface area contributed by atoms with Crippen LogP contribution in [0.4, 0.5) is 0 Å². The first kappa shape index (κ1) is 32.7. The van der Waals surface area contributed by atoms with Gasteiger partial charge < -0.3 is 20.4 Å². The number of hydrogen-bond donors (Lipinski definition) is 4. The van der Waals surface area contributed by atoms with E-state index in [1.807, 2.05) is 0 Å². The van der Waals surface area contributed by atoms with E-state index in [1.54, 1.807) is 0 Å². The molecule has 4 N–H and O–H groups in total. The van der Waals surface area contributed by atoms with Crippen LogP contribution >= 0.6 is 0 Å². The molecule has 4 nitrogen and oxygen atoms in total. The van der Waals surface area contributed by atoms with Gasteiger partial charge in [0.1, 0.15) is 0 Å². The molecule has 234 valence electrons. The molecule has 40 heavy (non-hydrogen) atoms. The molecule has 4 aliphatic carbocycles. The molecule has 4 aliphatic rings. The summed E-state index contributed by atoms with van der Waals surface area (Å²) in [5.41, 5.74) is 0. The lowest BCUT2D eigenvalue weighted by Gasteiger charge is -2.53. The Hall–Kier alpha value is -0.160. The summed E-state index contributed by atoms with van der Waals surface area (Å²) in [6.07, 6.45) is 7.57. The van der Waals surface area contributed by atoms with E-state index in [9.17, 15) is 20.4 Å². The van der Waals surface area contributed by atoms with Gasteiger partial charge in [-0.05, 0) is 140 Å². The van der Waals surface area contributed by atoms with E-state index < -0.39 is 0 Å². The van der Waals surface area contributed by atoms with Gasteiger partial charge in [-0.2, -0.15) is 0 Å². The van der Waals surface area contributed by atoms with E-state index in [1.165, 1.54) is 0 Å². The largest absolute Gasteiger partial charge is 0.393 e. The molecule has 0 aromatic heterocycles. The fraction of sp³-hybridized carbons (Fsp3) is 1.00. The van der Waals surface area contributed by atoms with Crippen LogP contribution in [0.25, 0.3) is 0 Å². The quantitative estimate of drug-likeness (QED) is 0.280. The molecule has 0 aromatic rings. The molecular formula is C36H66O4. The van der Waals surface area contributed by atoms with E-state index in [0.717, 1.165) is 51.4 Å². The summed E-state index contributed by atoms with van der Waals surface area (Å²) in [6, 6.07) is 0. The van der Waals surface area contributed by atoms with Gasteiger partial charge in [0.05, 0.1) is 24.4 Å². The molecule has 4 saturated carbocycles. The van der Waals surface area contributed by atoms with Crippen molar-refractivity contribution in [3.63, 3.8) is 0 Å². The molecule has 0 bridgehead atoms. The summed E-state index contributed by atoms with van der Waals surface area (Å²) in [5, 5.41) is 43.8. The maximum absolute atomic E-state index is 11.5. The maximum atomic E-state index is 11.5. The van der Waals surface area contributed by atoms with Crippen LogP contribution in [0.1, 0.15) is 114 Å². The van der Waals surface area contributed by atoms with Crippen molar-refractivity contribution >= 4 is 0 Å². The first-order chi connectivity index (χ1) is 18.7. The van der Waals surface area contributed by atoms with Crippen LogP contribution in [0, 0.1) is 88.8 Å². The first-order valence-corrected chi connectivity index (χ1v) is 17.4. The summed E-state index contributed by atoms with van der Waals surface area (Å²) in [7, 11) is 0. The zero-order valence-electron chi connectivity index (χ0n) is 27.4. The predicted octanol–water partition coefficient (Wildman–Crippen LogP) is 7.03. The highest BCUT2D eigenvalue weighted by atomic mass is 16.3. The maximum Gasteiger partial charge on any atom is 0.0596 e. The van der Waals surface area contributed by atoms with Crippen LogP contribution in [-0.2, 0) is 0 Å². The van der Waals surface area contributed by atoms with Gasteiger partial charge >= 0.3 is 0 Å². The Morgan fingerprint density at radius 3 is 1.18 bits per heavy atom. The Labute approximate surface area is 247 Å². The highest BCUT2D eigenvalue weighted by Crippen LogP contribution is 2.53. The SMILES string of the molecule is CC1CC(CC2C(C)C(C(C)C3CC(C)C(O)C(CC4CC(C)C(O)CC4C)C3C)CC(C)C2O)C(C)CC1O. The monoisotopic (exact) mass is 562 g/mol. The smallest absolute Gasteiger partial charge is 0.0596 e. The molecule has 0 radical (unpaired) electrons. The summed E-state index contributed by atoms with van der Waals surface area (Å²) in [6.45, 7) is 21.0. The Balaban J connectivity index is 1.48. The summed E-state index contributed by atoms with van der Waals surface area (Å²) >= 11 is 0. The molecule has 18 atom stereocenters. The second kappa shape index (κ2) is 13.2. The van der Waals surface area contributed by atoms with Crippen molar-refractivity contribution in [3.8, 4) is 0 Å². The third kappa shape index (κ3) is 6.66. The molecule has 4 rings (SSSR count). The van der Waals surface area contributed by atoms with Crippen LogP contribution in [0.3, 0.4) is 0 Å². The molecule has 0 amide bonds. The molecular weight excluding hydrogens is 496 g/mol. The summed E-state index contributed by atoms with van der Waals surface area (Å²) in [5.74, 6) is 7.01. The average molecular weight is 563 g/mol. The number of aliphatic hydroxyl groups excluding tert-OH is 4. The number of hydrogen-bond acceptors (Lipinski definition) is 4. The van der Waals surface area contributed by atoms with Crippen molar-refractivity contribution in [1.29, 1.82) is 0 Å². The van der Waals surface area contributed by atoms with Crippen LogP contribution in [-0.4, -0.2) is 44.8 Å². The molecule has 0 aromatic carbocycles. The number of aliphatic hydroxyl groups is 4. The van der Waals surface area contributed by atoms with Crippen LogP contribution < -0.4 is 0 Å². The van der Waals surface area contributed by atoms with Crippen molar-refractivity contribution in [1.82, 2.24) is 0 Å². The van der Waals surface area contributed by atoms with Crippen molar-refractivity contribution in [3.05, 3.63) is 0 Å². The fourth-order valence-electron chi connectivity index (χ4n) is 10.8. The van der Waals surface area contributed by atoms with Gasteiger partial charge in [-0.3, -0.25) is 0 Å². The second-order valence-corrected chi connectivity index (χ2v) is 16.6. The molecule has 0 aliphatic heterocycles. The van der Waals surface area contributed by atoms with Gasteiger partial charge in [-0.25, -0.2) is 0 Å². The normalized spacial score (nSPS) is 55.1. The van der Waals surface area contributed by atoms with Gasteiger partial charge in [0.25, 0.3) is 0 Å². The van der Waals surface area contributed by atoms with E-state index in [-0.39, 0.29) is 24.4 Å². The van der Waals surface area contributed by atoms with Crippen molar-refractivity contribution in [2.45, 2.75) is 138 Å². The fourth-order valence-corrected chi connectivity index (χ4v) is 10.8. The zero-order chi connectivity index (χ0) is 29.6. The zero-order valence-corrected chi connectivity index (χ0v) is 27.4. The Kier molecular flexibility index (Phi) is 10.8. The average Bonchev–Trinajstić information content (AvgIpc) is 2.89. The lowest BCUT2D eigenvalue weighted by atomic mass is 9.54. The highest BCUT2D eigenvalue weighted by molar-refractivity contribution is 4.99. The molecule has 4 fully saturated rings. The first-order valence-electron chi connectivity index (χ1n) is 17.4. The van der Waals surface area contributed by atoms with Crippen molar-refractivity contribution < 1.29 is 20.4 Å². The lowest BCUT2D eigenvalue weighted by Crippen LogP contribution is -2.50. The predicted molar refractivity (Wildman–Crippen MR) is 164 cm³/mol. The van der Waals surface area contributed by atoms with Gasteiger partial charge in [0.2, 0.25) is 0 Å². The van der Waals surface area contributed by atoms with E-state index >= 15 is 0 Å². The summed E-state index contributed by atoms with van der Waals surface area (Å²) < 4.78 is 0. The lowest BCUT2D eigenvalue weighted by molar-refractivity contribution is -0.0994. The van der Waals surface area contributed by atoms with Gasteiger partial charge in [-0.1, -0.05) is 62.3 Å². The van der Waals surface area contributed by atoms with Gasteiger partial charge in [0, 0.05) is 0 Å². The van der Waals surface area contributed by atoms with Crippen LogP contribution in [0.5, 0.6) is 0 Å². The minimum Gasteiger partial charge on any atom is -0.393 e. The van der Waals surface area contributed by atoms with E-state index in [0.29, 0.717) is 88.8 Å².